The highest BCUT2D eigenvalue weighted by Crippen LogP contribution is 2.43. The minimum atomic E-state index is -0.195. The second kappa shape index (κ2) is 4.41. The molecule has 0 saturated carbocycles. The molecule has 112 valence electrons. The van der Waals surface area contributed by atoms with Crippen molar-refractivity contribution >= 4 is 5.82 Å². The summed E-state index contributed by atoms with van der Waals surface area (Å²) in [4.78, 5) is 4.64. The maximum Gasteiger partial charge on any atom is 0.150 e. The Kier molecular flexibility index (Phi) is 2.90. The van der Waals surface area contributed by atoms with Crippen LogP contribution in [0.4, 0.5) is 5.82 Å². The number of benzene rings is 1. The smallest absolute Gasteiger partial charge is 0.150 e. The van der Waals surface area contributed by atoms with Gasteiger partial charge >= 0.3 is 0 Å². The van der Waals surface area contributed by atoms with Crippen LogP contribution < -0.4 is 16.3 Å². The Hall–Kier alpha value is -2.17. The van der Waals surface area contributed by atoms with Crippen molar-refractivity contribution in [2.24, 2.45) is 0 Å². The molecule has 21 heavy (non-hydrogen) atoms. The summed E-state index contributed by atoms with van der Waals surface area (Å²) < 4.78 is 7.57. The SMILES string of the molecule is CC(C)c1nc(-c2cccc3c2OC(C)(C)C3)c(N)n1N. The predicted molar refractivity (Wildman–Crippen MR) is 84.7 cm³/mol. The van der Waals surface area contributed by atoms with Crippen molar-refractivity contribution in [3.63, 3.8) is 0 Å². The summed E-state index contributed by atoms with van der Waals surface area (Å²) in [6, 6.07) is 6.10. The van der Waals surface area contributed by atoms with E-state index in [9.17, 15) is 0 Å². The summed E-state index contributed by atoms with van der Waals surface area (Å²) in [5, 5.41) is 0. The Labute approximate surface area is 124 Å². The van der Waals surface area contributed by atoms with Gasteiger partial charge in [-0.3, -0.25) is 0 Å². The Balaban J connectivity index is 2.16. The number of nitrogens with zero attached hydrogens (tertiary/aromatic N) is 2. The fourth-order valence-corrected chi connectivity index (χ4v) is 2.87. The maximum absolute atomic E-state index is 6.15. The highest BCUT2D eigenvalue weighted by molar-refractivity contribution is 5.78. The summed E-state index contributed by atoms with van der Waals surface area (Å²) >= 11 is 0. The first kappa shape index (κ1) is 13.8. The lowest BCUT2D eigenvalue weighted by Crippen LogP contribution is -2.24. The molecule has 0 spiro atoms. The van der Waals surface area contributed by atoms with Gasteiger partial charge in [0.15, 0.2) is 5.82 Å². The van der Waals surface area contributed by atoms with Gasteiger partial charge in [0.05, 0.1) is 0 Å². The number of nitrogen functional groups attached to an aromatic ring is 2. The van der Waals surface area contributed by atoms with Gasteiger partial charge in [-0.15, -0.1) is 0 Å². The van der Waals surface area contributed by atoms with E-state index in [1.54, 1.807) is 0 Å². The molecule has 2 aromatic rings. The van der Waals surface area contributed by atoms with E-state index in [-0.39, 0.29) is 11.5 Å². The van der Waals surface area contributed by atoms with Gasteiger partial charge in [-0.05, 0) is 25.5 Å². The molecule has 0 aliphatic carbocycles. The minimum Gasteiger partial charge on any atom is -0.487 e. The largest absolute Gasteiger partial charge is 0.487 e. The van der Waals surface area contributed by atoms with Crippen molar-refractivity contribution in [3.05, 3.63) is 29.6 Å². The number of hydrogen-bond donors (Lipinski definition) is 2. The molecule has 0 bridgehead atoms. The Morgan fingerprint density at radius 1 is 1.33 bits per heavy atom. The molecule has 0 saturated heterocycles. The van der Waals surface area contributed by atoms with Gasteiger partial charge in [0.1, 0.15) is 22.9 Å². The second-order valence-electron chi connectivity index (χ2n) is 6.56. The number of para-hydroxylation sites is 1. The molecule has 0 fully saturated rings. The van der Waals surface area contributed by atoms with Crippen LogP contribution in [0.25, 0.3) is 11.3 Å². The first-order valence-corrected chi connectivity index (χ1v) is 7.24. The average Bonchev–Trinajstić information content (AvgIpc) is 2.86. The van der Waals surface area contributed by atoms with E-state index in [4.69, 9.17) is 16.3 Å². The molecule has 0 radical (unpaired) electrons. The van der Waals surface area contributed by atoms with Gasteiger partial charge in [-0.2, -0.15) is 0 Å². The standard InChI is InChI=1S/C16H22N4O/c1-9(2)15-19-12(14(17)20(15)18)11-7-5-6-10-8-16(3,4)21-13(10)11/h5-7,9H,8,17-18H2,1-4H3. The lowest BCUT2D eigenvalue weighted by molar-refractivity contribution is 0.139. The van der Waals surface area contributed by atoms with E-state index < -0.39 is 0 Å². The van der Waals surface area contributed by atoms with Crippen molar-refractivity contribution in [2.75, 3.05) is 11.6 Å². The van der Waals surface area contributed by atoms with Gasteiger partial charge in [-0.1, -0.05) is 26.0 Å². The molecule has 4 N–H and O–H groups in total. The molecule has 0 unspecified atom stereocenters. The van der Waals surface area contributed by atoms with Gasteiger partial charge in [-0.25, -0.2) is 9.66 Å². The molecule has 1 aromatic carbocycles. The maximum atomic E-state index is 6.15. The molecule has 0 atom stereocenters. The zero-order valence-corrected chi connectivity index (χ0v) is 13.0. The highest BCUT2D eigenvalue weighted by Gasteiger charge is 2.33. The molecular formula is C16H22N4O. The first-order valence-electron chi connectivity index (χ1n) is 7.24. The number of fused-ring (bicyclic) bond motifs is 1. The summed E-state index contributed by atoms with van der Waals surface area (Å²) in [5.74, 6) is 8.36. The molecule has 2 heterocycles. The third kappa shape index (κ3) is 2.13. The van der Waals surface area contributed by atoms with Crippen molar-refractivity contribution < 1.29 is 4.74 Å². The number of hydrogen-bond acceptors (Lipinski definition) is 4. The zero-order valence-electron chi connectivity index (χ0n) is 13.0. The number of rotatable bonds is 2. The van der Waals surface area contributed by atoms with Crippen molar-refractivity contribution in [1.82, 2.24) is 9.66 Å². The van der Waals surface area contributed by atoms with Crippen LogP contribution in [0.1, 0.15) is 45.0 Å². The topological polar surface area (TPSA) is 79.1 Å². The summed E-state index contributed by atoms with van der Waals surface area (Å²) in [5.41, 5.74) is 8.77. The van der Waals surface area contributed by atoms with Crippen LogP contribution in [0.3, 0.4) is 0 Å². The molecule has 1 aromatic heterocycles. The quantitative estimate of drug-likeness (QED) is 0.832. The molecule has 1 aliphatic rings. The van der Waals surface area contributed by atoms with Crippen molar-refractivity contribution in [2.45, 2.75) is 45.6 Å². The predicted octanol–water partition coefficient (Wildman–Crippen LogP) is 2.68. The fraction of sp³-hybridized carbons (Fsp3) is 0.438. The number of anilines is 1. The lowest BCUT2D eigenvalue weighted by Gasteiger charge is -2.18. The Bertz CT molecular complexity index is 701. The number of aromatic nitrogens is 2. The van der Waals surface area contributed by atoms with Crippen LogP contribution in [-0.2, 0) is 6.42 Å². The molecule has 0 amide bonds. The minimum absolute atomic E-state index is 0.195. The van der Waals surface area contributed by atoms with Crippen LogP contribution >= 0.6 is 0 Å². The molecule has 5 heteroatoms. The van der Waals surface area contributed by atoms with Crippen LogP contribution in [0.2, 0.25) is 0 Å². The summed E-state index contributed by atoms with van der Waals surface area (Å²) in [6.45, 7) is 8.26. The molecule has 5 nitrogen and oxygen atoms in total. The van der Waals surface area contributed by atoms with Gasteiger partial charge in [0.2, 0.25) is 0 Å². The number of ether oxygens (including phenoxy) is 1. The van der Waals surface area contributed by atoms with Gasteiger partial charge < -0.3 is 16.3 Å². The van der Waals surface area contributed by atoms with E-state index in [1.807, 2.05) is 26.0 Å². The third-order valence-electron chi connectivity index (χ3n) is 3.84. The summed E-state index contributed by atoms with van der Waals surface area (Å²) in [6.07, 6.45) is 0.885. The average molecular weight is 286 g/mol. The summed E-state index contributed by atoms with van der Waals surface area (Å²) in [7, 11) is 0. The monoisotopic (exact) mass is 286 g/mol. The molecular weight excluding hydrogens is 264 g/mol. The van der Waals surface area contributed by atoms with Gasteiger partial charge in [0, 0.05) is 17.9 Å². The second-order valence-corrected chi connectivity index (χ2v) is 6.56. The van der Waals surface area contributed by atoms with E-state index in [2.05, 4.69) is 24.9 Å². The van der Waals surface area contributed by atoms with E-state index in [0.717, 1.165) is 23.6 Å². The van der Waals surface area contributed by atoms with E-state index in [0.29, 0.717) is 11.5 Å². The van der Waals surface area contributed by atoms with Crippen LogP contribution in [0.15, 0.2) is 18.2 Å². The normalized spacial score (nSPS) is 16.0. The van der Waals surface area contributed by atoms with Crippen LogP contribution in [0.5, 0.6) is 5.75 Å². The highest BCUT2D eigenvalue weighted by atomic mass is 16.5. The van der Waals surface area contributed by atoms with Gasteiger partial charge in [0.25, 0.3) is 0 Å². The number of nitrogens with two attached hydrogens (primary N) is 2. The lowest BCUT2D eigenvalue weighted by atomic mass is 10.00. The van der Waals surface area contributed by atoms with E-state index >= 15 is 0 Å². The van der Waals surface area contributed by atoms with Crippen molar-refractivity contribution in [1.29, 1.82) is 0 Å². The number of imidazole rings is 1. The Morgan fingerprint density at radius 2 is 2.05 bits per heavy atom. The fourth-order valence-electron chi connectivity index (χ4n) is 2.87. The van der Waals surface area contributed by atoms with E-state index in [1.165, 1.54) is 10.2 Å². The molecule has 1 aliphatic heterocycles. The third-order valence-corrected chi connectivity index (χ3v) is 3.84. The Morgan fingerprint density at radius 3 is 2.67 bits per heavy atom. The molecule has 3 rings (SSSR count). The first-order chi connectivity index (χ1) is 9.80. The van der Waals surface area contributed by atoms with Crippen LogP contribution in [-0.4, -0.2) is 15.3 Å². The van der Waals surface area contributed by atoms with Crippen molar-refractivity contribution in [3.8, 4) is 17.0 Å². The van der Waals surface area contributed by atoms with Crippen LogP contribution in [0, 0.1) is 0 Å². The zero-order chi connectivity index (χ0) is 15.4.